The standard InChI is InChI=1S/C11H16N2O/c1-9-12-6-8-13(9)7-5-10-3-2-4-11(10)14/h6,8,10H,2-5,7H2,1H3. The van der Waals surface area contributed by atoms with Crippen LogP contribution in [0.3, 0.4) is 0 Å². The van der Waals surface area contributed by atoms with Crippen molar-refractivity contribution in [2.45, 2.75) is 39.2 Å². The number of imidazole rings is 1. The molecular formula is C11H16N2O. The van der Waals surface area contributed by atoms with E-state index in [0.717, 1.165) is 38.1 Å². The predicted molar refractivity (Wildman–Crippen MR) is 53.9 cm³/mol. The molecular weight excluding hydrogens is 176 g/mol. The van der Waals surface area contributed by atoms with Gasteiger partial charge in [0.1, 0.15) is 11.6 Å². The Morgan fingerprint density at radius 1 is 1.64 bits per heavy atom. The van der Waals surface area contributed by atoms with Gasteiger partial charge in [-0.3, -0.25) is 4.79 Å². The summed E-state index contributed by atoms with van der Waals surface area (Å²) in [6.07, 6.45) is 7.75. The van der Waals surface area contributed by atoms with E-state index in [1.54, 1.807) is 0 Å². The molecule has 1 atom stereocenters. The Bertz CT molecular complexity index is 330. The maximum atomic E-state index is 11.4. The van der Waals surface area contributed by atoms with Crippen LogP contribution < -0.4 is 0 Å². The summed E-state index contributed by atoms with van der Waals surface area (Å²) in [5, 5.41) is 0. The smallest absolute Gasteiger partial charge is 0.136 e. The Balaban J connectivity index is 1.88. The third kappa shape index (κ3) is 1.86. The van der Waals surface area contributed by atoms with E-state index in [-0.39, 0.29) is 0 Å². The fourth-order valence-corrected chi connectivity index (χ4v) is 2.13. The second-order valence-corrected chi connectivity index (χ2v) is 4.01. The maximum absolute atomic E-state index is 11.4. The summed E-state index contributed by atoms with van der Waals surface area (Å²) in [4.78, 5) is 15.6. The van der Waals surface area contributed by atoms with E-state index >= 15 is 0 Å². The maximum Gasteiger partial charge on any atom is 0.136 e. The molecule has 1 fully saturated rings. The van der Waals surface area contributed by atoms with Crippen LogP contribution in [0.5, 0.6) is 0 Å². The van der Waals surface area contributed by atoms with Gasteiger partial charge in [-0.1, -0.05) is 0 Å². The van der Waals surface area contributed by atoms with Crippen molar-refractivity contribution in [1.82, 2.24) is 9.55 Å². The molecule has 1 aromatic rings. The van der Waals surface area contributed by atoms with Crippen LogP contribution in [0.15, 0.2) is 12.4 Å². The van der Waals surface area contributed by atoms with Crippen LogP contribution in [0.4, 0.5) is 0 Å². The number of carbonyl (C=O) groups excluding carboxylic acids is 1. The molecule has 1 aromatic heterocycles. The number of carbonyl (C=O) groups is 1. The molecule has 1 unspecified atom stereocenters. The summed E-state index contributed by atoms with van der Waals surface area (Å²) < 4.78 is 2.12. The highest BCUT2D eigenvalue weighted by Crippen LogP contribution is 2.24. The van der Waals surface area contributed by atoms with Crippen LogP contribution in [-0.4, -0.2) is 15.3 Å². The van der Waals surface area contributed by atoms with Gasteiger partial charge in [0.25, 0.3) is 0 Å². The van der Waals surface area contributed by atoms with Crippen molar-refractivity contribution in [2.24, 2.45) is 5.92 Å². The summed E-state index contributed by atoms with van der Waals surface area (Å²) in [6, 6.07) is 0. The summed E-state index contributed by atoms with van der Waals surface area (Å²) in [6.45, 7) is 2.93. The van der Waals surface area contributed by atoms with Crippen LogP contribution in [-0.2, 0) is 11.3 Å². The molecule has 1 aliphatic rings. The molecule has 1 aliphatic carbocycles. The van der Waals surface area contributed by atoms with Gasteiger partial charge in [0.15, 0.2) is 0 Å². The average Bonchev–Trinajstić information content (AvgIpc) is 2.72. The molecule has 3 heteroatoms. The lowest BCUT2D eigenvalue weighted by Crippen LogP contribution is -2.10. The minimum absolute atomic E-state index is 0.316. The van der Waals surface area contributed by atoms with Crippen molar-refractivity contribution < 1.29 is 4.79 Å². The number of nitrogens with zero attached hydrogens (tertiary/aromatic N) is 2. The number of aryl methyl sites for hydroxylation is 2. The van der Waals surface area contributed by atoms with E-state index in [0.29, 0.717) is 11.7 Å². The molecule has 0 aromatic carbocycles. The fraction of sp³-hybridized carbons (Fsp3) is 0.636. The van der Waals surface area contributed by atoms with Crippen LogP contribution in [0.25, 0.3) is 0 Å². The van der Waals surface area contributed by atoms with Crippen LogP contribution in [0, 0.1) is 12.8 Å². The minimum atomic E-state index is 0.316. The Kier molecular flexibility index (Phi) is 2.66. The monoisotopic (exact) mass is 192 g/mol. The van der Waals surface area contributed by atoms with Gasteiger partial charge in [-0.15, -0.1) is 0 Å². The molecule has 0 amide bonds. The highest BCUT2D eigenvalue weighted by molar-refractivity contribution is 5.82. The Hall–Kier alpha value is -1.12. The first kappa shape index (κ1) is 9.44. The third-order valence-corrected chi connectivity index (χ3v) is 3.07. The van der Waals surface area contributed by atoms with Gasteiger partial charge < -0.3 is 4.57 Å². The first-order chi connectivity index (χ1) is 6.77. The summed E-state index contributed by atoms with van der Waals surface area (Å²) in [5.41, 5.74) is 0. The molecule has 1 heterocycles. The molecule has 0 saturated heterocycles. The summed E-state index contributed by atoms with van der Waals surface area (Å²) in [5.74, 6) is 1.81. The van der Waals surface area contributed by atoms with E-state index in [1.807, 2.05) is 19.3 Å². The van der Waals surface area contributed by atoms with E-state index in [4.69, 9.17) is 0 Å². The topological polar surface area (TPSA) is 34.9 Å². The van der Waals surface area contributed by atoms with Crippen LogP contribution in [0.1, 0.15) is 31.5 Å². The molecule has 0 spiro atoms. The number of rotatable bonds is 3. The zero-order valence-corrected chi connectivity index (χ0v) is 8.57. The highest BCUT2D eigenvalue weighted by Gasteiger charge is 2.23. The molecule has 2 rings (SSSR count). The number of ketones is 1. The lowest BCUT2D eigenvalue weighted by atomic mass is 10.0. The van der Waals surface area contributed by atoms with Crippen molar-refractivity contribution in [3.05, 3.63) is 18.2 Å². The molecule has 3 nitrogen and oxygen atoms in total. The molecule has 0 radical (unpaired) electrons. The van der Waals surface area contributed by atoms with E-state index < -0.39 is 0 Å². The van der Waals surface area contributed by atoms with E-state index in [2.05, 4.69) is 9.55 Å². The van der Waals surface area contributed by atoms with Crippen molar-refractivity contribution in [2.75, 3.05) is 0 Å². The lowest BCUT2D eigenvalue weighted by molar-refractivity contribution is -0.120. The number of aromatic nitrogens is 2. The molecule has 14 heavy (non-hydrogen) atoms. The predicted octanol–water partition coefficient (Wildman–Crippen LogP) is 1.95. The van der Waals surface area contributed by atoms with E-state index in [1.165, 1.54) is 0 Å². The average molecular weight is 192 g/mol. The minimum Gasteiger partial charge on any atom is -0.335 e. The molecule has 0 aliphatic heterocycles. The number of hydrogen-bond donors (Lipinski definition) is 0. The van der Waals surface area contributed by atoms with Gasteiger partial charge in [-0.05, 0) is 26.2 Å². The number of Topliss-reactive ketones (excluding diaryl/α,β-unsaturated/α-hetero) is 1. The molecule has 0 N–H and O–H groups in total. The van der Waals surface area contributed by atoms with Gasteiger partial charge in [0.2, 0.25) is 0 Å². The van der Waals surface area contributed by atoms with Gasteiger partial charge in [0.05, 0.1) is 0 Å². The largest absolute Gasteiger partial charge is 0.335 e. The molecule has 76 valence electrons. The summed E-state index contributed by atoms with van der Waals surface area (Å²) in [7, 11) is 0. The van der Waals surface area contributed by atoms with E-state index in [9.17, 15) is 4.79 Å². The van der Waals surface area contributed by atoms with Crippen molar-refractivity contribution in [1.29, 1.82) is 0 Å². The van der Waals surface area contributed by atoms with Gasteiger partial charge in [0, 0.05) is 31.3 Å². The zero-order valence-electron chi connectivity index (χ0n) is 8.57. The van der Waals surface area contributed by atoms with Crippen molar-refractivity contribution in [3.63, 3.8) is 0 Å². The van der Waals surface area contributed by atoms with Crippen molar-refractivity contribution in [3.8, 4) is 0 Å². The van der Waals surface area contributed by atoms with Crippen molar-refractivity contribution >= 4 is 5.78 Å². The normalized spacial score (nSPS) is 21.8. The first-order valence-corrected chi connectivity index (χ1v) is 5.28. The first-order valence-electron chi connectivity index (χ1n) is 5.28. The zero-order chi connectivity index (χ0) is 9.97. The Labute approximate surface area is 84.1 Å². The van der Waals surface area contributed by atoms with Crippen LogP contribution in [0.2, 0.25) is 0 Å². The lowest BCUT2D eigenvalue weighted by Gasteiger charge is -2.09. The summed E-state index contributed by atoms with van der Waals surface area (Å²) >= 11 is 0. The Morgan fingerprint density at radius 2 is 2.50 bits per heavy atom. The Morgan fingerprint density at radius 3 is 3.07 bits per heavy atom. The highest BCUT2D eigenvalue weighted by atomic mass is 16.1. The molecule has 0 bridgehead atoms. The second kappa shape index (κ2) is 3.95. The fourth-order valence-electron chi connectivity index (χ4n) is 2.13. The quantitative estimate of drug-likeness (QED) is 0.733. The van der Waals surface area contributed by atoms with Crippen LogP contribution >= 0.6 is 0 Å². The SMILES string of the molecule is Cc1nccn1CCC1CCCC1=O. The second-order valence-electron chi connectivity index (χ2n) is 4.01. The van der Waals surface area contributed by atoms with Gasteiger partial charge in [-0.25, -0.2) is 4.98 Å². The van der Waals surface area contributed by atoms with Gasteiger partial charge >= 0.3 is 0 Å². The number of hydrogen-bond acceptors (Lipinski definition) is 2. The molecule has 1 saturated carbocycles. The van der Waals surface area contributed by atoms with Gasteiger partial charge in [-0.2, -0.15) is 0 Å². The third-order valence-electron chi connectivity index (χ3n) is 3.07.